The van der Waals surface area contributed by atoms with E-state index < -0.39 is 28.3 Å². The summed E-state index contributed by atoms with van der Waals surface area (Å²) in [5.74, 6) is 0.0367. The molecule has 0 N–H and O–H groups in total. The monoisotopic (exact) mass is 343 g/mol. The van der Waals surface area contributed by atoms with Gasteiger partial charge in [-0.3, -0.25) is 0 Å². The van der Waals surface area contributed by atoms with Crippen LogP contribution in [-0.2, 0) is 24.1 Å². The minimum absolute atomic E-state index is 0.0367. The first-order valence-electron chi connectivity index (χ1n) is 7.12. The van der Waals surface area contributed by atoms with Crippen molar-refractivity contribution >= 4 is 28.6 Å². The number of nitrogens with zero attached hydrogens (tertiary/aromatic N) is 3. The number of rotatable bonds is 5. The molecule has 1 aliphatic heterocycles. The minimum atomic E-state index is -3.53. The average Bonchev–Trinajstić information content (AvgIpc) is 2.64. The number of methoxy groups -OCH3 is 1. The van der Waals surface area contributed by atoms with Gasteiger partial charge in [-0.25, -0.2) is 22.7 Å². The molecule has 1 aromatic heterocycles. The molecule has 23 heavy (non-hydrogen) atoms. The van der Waals surface area contributed by atoms with E-state index in [1.165, 1.54) is 19.5 Å². The molecule has 128 valence electrons. The zero-order valence-electron chi connectivity index (χ0n) is 14.2. The standard InChI is InChI=1S/C13H22BN3O5S/c1-12(2)13(3,4)22-14(21-12)10-7-15-11(16-8-10)17(9-20-5)23(6,18)19/h7-8H,9H2,1-6H3. The van der Waals surface area contributed by atoms with Crippen LogP contribution in [0.25, 0.3) is 0 Å². The van der Waals surface area contributed by atoms with Gasteiger partial charge >= 0.3 is 7.12 Å². The van der Waals surface area contributed by atoms with Crippen LogP contribution in [0, 0.1) is 0 Å². The predicted octanol–water partition coefficient (Wildman–Crippen LogP) is 0.146. The molecule has 0 bridgehead atoms. The van der Waals surface area contributed by atoms with Crippen LogP contribution in [0.2, 0.25) is 0 Å². The van der Waals surface area contributed by atoms with Crippen molar-refractivity contribution in [2.75, 3.05) is 24.4 Å². The Morgan fingerprint density at radius 1 is 1.17 bits per heavy atom. The average molecular weight is 343 g/mol. The van der Waals surface area contributed by atoms with Gasteiger partial charge in [0, 0.05) is 25.0 Å². The fourth-order valence-electron chi connectivity index (χ4n) is 1.98. The molecule has 1 aromatic rings. The summed E-state index contributed by atoms with van der Waals surface area (Å²) in [5, 5.41) is 0. The summed E-state index contributed by atoms with van der Waals surface area (Å²) < 4.78 is 41.2. The maximum Gasteiger partial charge on any atom is 0.498 e. The van der Waals surface area contributed by atoms with E-state index >= 15 is 0 Å². The van der Waals surface area contributed by atoms with Crippen LogP contribution in [0.15, 0.2) is 12.4 Å². The largest absolute Gasteiger partial charge is 0.498 e. The number of aromatic nitrogens is 2. The Morgan fingerprint density at radius 3 is 2.04 bits per heavy atom. The van der Waals surface area contributed by atoms with E-state index in [-0.39, 0.29) is 12.7 Å². The van der Waals surface area contributed by atoms with Crippen molar-refractivity contribution in [3.8, 4) is 0 Å². The van der Waals surface area contributed by atoms with Crippen LogP contribution in [0.5, 0.6) is 0 Å². The maximum absolute atomic E-state index is 11.7. The third kappa shape index (κ3) is 3.65. The molecule has 1 fully saturated rings. The lowest BCUT2D eigenvalue weighted by molar-refractivity contribution is 0.00578. The zero-order chi connectivity index (χ0) is 17.5. The number of sulfonamides is 1. The lowest BCUT2D eigenvalue weighted by Gasteiger charge is -2.32. The second-order valence-electron chi connectivity index (χ2n) is 6.43. The molecule has 0 aliphatic carbocycles. The Kier molecular flexibility index (Phi) is 4.73. The van der Waals surface area contributed by atoms with Gasteiger partial charge in [0.15, 0.2) is 0 Å². The predicted molar refractivity (Wildman–Crippen MR) is 86.9 cm³/mol. The summed E-state index contributed by atoms with van der Waals surface area (Å²) >= 11 is 0. The van der Waals surface area contributed by atoms with Crippen LogP contribution < -0.4 is 9.77 Å². The molecule has 1 saturated heterocycles. The first-order valence-corrected chi connectivity index (χ1v) is 8.97. The van der Waals surface area contributed by atoms with Gasteiger partial charge < -0.3 is 14.0 Å². The first-order chi connectivity index (χ1) is 10.5. The summed E-state index contributed by atoms with van der Waals surface area (Å²) in [5.41, 5.74) is -0.311. The molecule has 0 amide bonds. The van der Waals surface area contributed by atoms with Gasteiger partial charge in [0.05, 0.1) is 17.5 Å². The van der Waals surface area contributed by atoms with Crippen molar-refractivity contribution in [3.05, 3.63) is 12.4 Å². The molecule has 0 saturated carbocycles. The van der Waals surface area contributed by atoms with Crippen molar-refractivity contribution in [2.24, 2.45) is 0 Å². The van der Waals surface area contributed by atoms with Crippen molar-refractivity contribution in [1.82, 2.24) is 9.97 Å². The van der Waals surface area contributed by atoms with Crippen LogP contribution in [0.1, 0.15) is 27.7 Å². The van der Waals surface area contributed by atoms with E-state index in [0.717, 1.165) is 10.6 Å². The van der Waals surface area contributed by atoms with Crippen molar-refractivity contribution in [1.29, 1.82) is 0 Å². The van der Waals surface area contributed by atoms with Gasteiger partial charge in [0.25, 0.3) is 0 Å². The highest BCUT2D eigenvalue weighted by atomic mass is 32.2. The molecule has 0 radical (unpaired) electrons. The maximum atomic E-state index is 11.7. The summed E-state index contributed by atoms with van der Waals surface area (Å²) in [7, 11) is -2.72. The molecule has 0 aromatic carbocycles. The number of anilines is 1. The summed E-state index contributed by atoms with van der Waals surface area (Å²) in [6.07, 6.45) is 4.06. The number of hydrogen-bond donors (Lipinski definition) is 0. The SMILES string of the molecule is COCN(c1ncc(B2OC(C)(C)C(C)(C)O2)cn1)S(C)(=O)=O. The smallest absolute Gasteiger partial charge is 0.399 e. The van der Waals surface area contributed by atoms with E-state index in [0.29, 0.717) is 5.46 Å². The van der Waals surface area contributed by atoms with Crippen molar-refractivity contribution < 1.29 is 22.5 Å². The number of hydrogen-bond acceptors (Lipinski definition) is 7. The fraction of sp³-hybridized carbons (Fsp3) is 0.692. The Balaban J connectivity index is 2.24. The quantitative estimate of drug-likeness (QED) is 0.555. The molecular weight excluding hydrogens is 321 g/mol. The summed E-state index contributed by atoms with van der Waals surface area (Å²) in [4.78, 5) is 8.20. The third-order valence-corrected chi connectivity index (χ3v) is 5.12. The van der Waals surface area contributed by atoms with E-state index in [1.54, 1.807) is 0 Å². The van der Waals surface area contributed by atoms with Crippen LogP contribution in [0.3, 0.4) is 0 Å². The summed E-state index contributed by atoms with van der Waals surface area (Å²) in [6, 6.07) is 0. The highest BCUT2D eigenvalue weighted by molar-refractivity contribution is 7.92. The highest BCUT2D eigenvalue weighted by Gasteiger charge is 2.52. The molecule has 0 atom stereocenters. The first kappa shape index (κ1) is 18.1. The molecular formula is C13H22BN3O5S. The molecule has 2 heterocycles. The van der Waals surface area contributed by atoms with Gasteiger partial charge in [0.2, 0.25) is 16.0 Å². The van der Waals surface area contributed by atoms with Crippen LogP contribution in [0.4, 0.5) is 5.95 Å². The van der Waals surface area contributed by atoms with Crippen molar-refractivity contribution in [2.45, 2.75) is 38.9 Å². The van der Waals surface area contributed by atoms with E-state index in [4.69, 9.17) is 14.0 Å². The Morgan fingerprint density at radius 2 is 1.65 bits per heavy atom. The molecule has 0 spiro atoms. The summed E-state index contributed by atoms with van der Waals surface area (Å²) in [6.45, 7) is 7.64. The van der Waals surface area contributed by atoms with E-state index in [2.05, 4.69) is 9.97 Å². The molecule has 1 aliphatic rings. The lowest BCUT2D eigenvalue weighted by atomic mass is 9.81. The lowest BCUT2D eigenvalue weighted by Crippen LogP contribution is -2.41. The molecule has 0 unspecified atom stereocenters. The minimum Gasteiger partial charge on any atom is -0.399 e. The van der Waals surface area contributed by atoms with Gasteiger partial charge in [0.1, 0.15) is 6.73 Å². The van der Waals surface area contributed by atoms with Gasteiger partial charge in [-0.2, -0.15) is 0 Å². The second kappa shape index (κ2) is 6.01. The van der Waals surface area contributed by atoms with E-state index in [1.807, 2.05) is 27.7 Å². The van der Waals surface area contributed by atoms with Gasteiger partial charge in [-0.15, -0.1) is 0 Å². The Labute approximate surface area is 137 Å². The van der Waals surface area contributed by atoms with Crippen molar-refractivity contribution in [3.63, 3.8) is 0 Å². The van der Waals surface area contributed by atoms with Gasteiger partial charge in [-0.1, -0.05) is 0 Å². The fourth-order valence-corrected chi connectivity index (χ4v) is 2.67. The Bertz CT molecular complexity index is 647. The van der Waals surface area contributed by atoms with Crippen LogP contribution in [-0.4, -0.2) is 56.8 Å². The zero-order valence-corrected chi connectivity index (χ0v) is 15.0. The van der Waals surface area contributed by atoms with Crippen LogP contribution >= 0.6 is 0 Å². The topological polar surface area (TPSA) is 90.8 Å². The number of ether oxygens (including phenoxy) is 1. The molecule has 2 rings (SSSR count). The van der Waals surface area contributed by atoms with Gasteiger partial charge in [-0.05, 0) is 27.7 Å². The molecule has 10 heteroatoms. The normalized spacial score (nSPS) is 19.8. The third-order valence-electron chi connectivity index (χ3n) is 4.05. The highest BCUT2D eigenvalue weighted by Crippen LogP contribution is 2.36. The second-order valence-corrected chi connectivity index (χ2v) is 8.34. The van der Waals surface area contributed by atoms with E-state index in [9.17, 15) is 8.42 Å². The Hall–Kier alpha value is -1.23. The molecule has 8 nitrogen and oxygen atoms in total.